The fourth-order valence-corrected chi connectivity index (χ4v) is 2.04. The number of halogens is 2. The van der Waals surface area contributed by atoms with E-state index in [9.17, 15) is 0 Å². The highest BCUT2D eigenvalue weighted by molar-refractivity contribution is 9.09. The number of alkyl halides is 2. The summed E-state index contributed by atoms with van der Waals surface area (Å²) < 4.78 is 0. The maximum absolute atomic E-state index is 8.65. The number of nitrogens with zero attached hydrogens (tertiary/aromatic N) is 1. The standard InChI is InChI=1S/C8H8Br2N2/c9-2-6-1-8(4-11)12-5-7(6)3-10/h1,5,8,12H,2-3H2. The Hall–Kier alpha value is -0.270. The Morgan fingerprint density at radius 2 is 2.08 bits per heavy atom. The van der Waals surface area contributed by atoms with Crippen LogP contribution in [0.5, 0.6) is 0 Å². The van der Waals surface area contributed by atoms with Crippen molar-refractivity contribution in [2.45, 2.75) is 6.04 Å². The lowest BCUT2D eigenvalue weighted by atomic mass is 10.1. The van der Waals surface area contributed by atoms with Crippen LogP contribution in [0.15, 0.2) is 23.4 Å². The molecule has 0 amide bonds. The molecular weight excluding hydrogens is 284 g/mol. The van der Waals surface area contributed by atoms with Gasteiger partial charge in [0.15, 0.2) is 0 Å². The van der Waals surface area contributed by atoms with Crippen LogP contribution >= 0.6 is 31.9 Å². The average Bonchev–Trinajstić information content (AvgIpc) is 2.16. The van der Waals surface area contributed by atoms with Crippen molar-refractivity contribution in [1.29, 1.82) is 5.26 Å². The fourth-order valence-electron chi connectivity index (χ4n) is 0.969. The van der Waals surface area contributed by atoms with E-state index in [2.05, 4.69) is 43.2 Å². The van der Waals surface area contributed by atoms with Gasteiger partial charge in [0.05, 0.1) is 6.07 Å². The average molecular weight is 292 g/mol. The first-order valence-corrected chi connectivity index (χ1v) is 5.73. The molecule has 4 heteroatoms. The number of hydrogen-bond acceptors (Lipinski definition) is 2. The van der Waals surface area contributed by atoms with Gasteiger partial charge in [-0.1, -0.05) is 31.9 Å². The molecule has 1 aliphatic heterocycles. The molecule has 1 heterocycles. The molecule has 1 atom stereocenters. The van der Waals surface area contributed by atoms with Gasteiger partial charge >= 0.3 is 0 Å². The number of nitrogens with one attached hydrogen (secondary N) is 1. The van der Waals surface area contributed by atoms with E-state index >= 15 is 0 Å². The van der Waals surface area contributed by atoms with Crippen LogP contribution in [0.25, 0.3) is 0 Å². The Balaban J connectivity index is 2.80. The van der Waals surface area contributed by atoms with Crippen molar-refractivity contribution >= 4 is 31.9 Å². The topological polar surface area (TPSA) is 35.8 Å². The second-order valence-electron chi connectivity index (χ2n) is 2.40. The van der Waals surface area contributed by atoms with Crippen molar-refractivity contribution in [1.82, 2.24) is 5.32 Å². The van der Waals surface area contributed by atoms with Crippen LogP contribution in [-0.2, 0) is 0 Å². The molecule has 0 saturated carbocycles. The van der Waals surface area contributed by atoms with Crippen molar-refractivity contribution in [3.05, 3.63) is 23.4 Å². The zero-order chi connectivity index (χ0) is 8.97. The largest absolute Gasteiger partial charge is 0.372 e. The molecule has 0 bridgehead atoms. The van der Waals surface area contributed by atoms with Crippen LogP contribution < -0.4 is 5.32 Å². The first kappa shape index (κ1) is 9.82. The van der Waals surface area contributed by atoms with Crippen LogP contribution in [0.4, 0.5) is 0 Å². The minimum Gasteiger partial charge on any atom is -0.372 e. The Morgan fingerprint density at radius 3 is 2.58 bits per heavy atom. The zero-order valence-corrected chi connectivity index (χ0v) is 9.52. The van der Waals surface area contributed by atoms with Gasteiger partial charge in [-0.15, -0.1) is 0 Å². The summed E-state index contributed by atoms with van der Waals surface area (Å²) in [6.07, 6.45) is 3.82. The third-order valence-electron chi connectivity index (χ3n) is 1.64. The van der Waals surface area contributed by atoms with E-state index in [1.807, 2.05) is 12.3 Å². The van der Waals surface area contributed by atoms with E-state index in [0.717, 1.165) is 10.7 Å². The molecule has 0 spiro atoms. The highest BCUT2D eigenvalue weighted by Crippen LogP contribution is 2.18. The quantitative estimate of drug-likeness (QED) is 0.791. The molecule has 1 rings (SSSR count). The van der Waals surface area contributed by atoms with Gasteiger partial charge in [-0.2, -0.15) is 5.26 Å². The van der Waals surface area contributed by atoms with Gasteiger partial charge in [0.25, 0.3) is 0 Å². The molecule has 0 aromatic rings. The van der Waals surface area contributed by atoms with E-state index in [1.54, 1.807) is 0 Å². The minimum atomic E-state index is -0.180. The molecule has 1 unspecified atom stereocenters. The normalized spacial score (nSPS) is 21.9. The summed E-state index contributed by atoms with van der Waals surface area (Å²) in [4.78, 5) is 0. The SMILES string of the molecule is N#CC1C=C(CBr)C(CBr)=CN1. The second kappa shape index (κ2) is 4.68. The third kappa shape index (κ3) is 2.11. The Bertz CT molecular complexity index is 263. The lowest BCUT2D eigenvalue weighted by Gasteiger charge is -2.16. The van der Waals surface area contributed by atoms with E-state index in [1.165, 1.54) is 11.1 Å². The predicted molar refractivity (Wildman–Crippen MR) is 56.3 cm³/mol. The molecular formula is C8H8Br2N2. The summed E-state index contributed by atoms with van der Waals surface area (Å²) in [6, 6.07) is 1.96. The summed E-state index contributed by atoms with van der Waals surface area (Å²) >= 11 is 6.76. The lowest BCUT2D eigenvalue weighted by Crippen LogP contribution is -2.25. The van der Waals surface area contributed by atoms with Gasteiger partial charge in [-0.3, -0.25) is 0 Å². The van der Waals surface area contributed by atoms with E-state index in [4.69, 9.17) is 5.26 Å². The van der Waals surface area contributed by atoms with Gasteiger partial charge in [0.2, 0.25) is 0 Å². The summed E-state index contributed by atoms with van der Waals surface area (Å²) in [7, 11) is 0. The van der Waals surface area contributed by atoms with Crippen molar-refractivity contribution in [2.24, 2.45) is 0 Å². The molecule has 1 N–H and O–H groups in total. The van der Waals surface area contributed by atoms with Crippen LogP contribution in [0.3, 0.4) is 0 Å². The molecule has 0 fully saturated rings. The maximum Gasteiger partial charge on any atom is 0.133 e. The highest BCUT2D eigenvalue weighted by Gasteiger charge is 2.12. The molecule has 0 aliphatic carbocycles. The minimum absolute atomic E-state index is 0.180. The number of dihydropyridines is 1. The monoisotopic (exact) mass is 290 g/mol. The maximum atomic E-state index is 8.65. The Kier molecular flexibility index (Phi) is 3.83. The Morgan fingerprint density at radius 1 is 1.42 bits per heavy atom. The van der Waals surface area contributed by atoms with Gasteiger partial charge in [0, 0.05) is 16.9 Å². The fraction of sp³-hybridized carbons (Fsp3) is 0.375. The van der Waals surface area contributed by atoms with Crippen molar-refractivity contribution < 1.29 is 0 Å². The van der Waals surface area contributed by atoms with Crippen LogP contribution in [-0.4, -0.2) is 16.7 Å². The molecule has 1 aliphatic rings. The third-order valence-corrected chi connectivity index (χ3v) is 2.85. The molecule has 2 nitrogen and oxygen atoms in total. The van der Waals surface area contributed by atoms with Gasteiger partial charge in [0.1, 0.15) is 6.04 Å². The van der Waals surface area contributed by atoms with E-state index in [-0.39, 0.29) is 6.04 Å². The van der Waals surface area contributed by atoms with E-state index in [0.29, 0.717) is 0 Å². The Labute approximate surface area is 88.6 Å². The molecule has 0 aromatic heterocycles. The van der Waals surface area contributed by atoms with Crippen LogP contribution in [0.1, 0.15) is 0 Å². The first-order chi connectivity index (χ1) is 5.81. The van der Waals surface area contributed by atoms with Crippen molar-refractivity contribution in [2.75, 3.05) is 10.7 Å². The zero-order valence-electron chi connectivity index (χ0n) is 6.35. The first-order valence-electron chi connectivity index (χ1n) is 3.49. The summed E-state index contributed by atoms with van der Waals surface area (Å²) in [5, 5.41) is 13.2. The van der Waals surface area contributed by atoms with Crippen LogP contribution in [0.2, 0.25) is 0 Å². The highest BCUT2D eigenvalue weighted by atomic mass is 79.9. The molecule has 12 heavy (non-hydrogen) atoms. The smallest absolute Gasteiger partial charge is 0.133 e. The number of nitriles is 1. The second-order valence-corrected chi connectivity index (χ2v) is 3.52. The summed E-state index contributed by atoms with van der Waals surface area (Å²) in [6.45, 7) is 0. The van der Waals surface area contributed by atoms with Gasteiger partial charge in [-0.25, -0.2) is 0 Å². The number of hydrogen-bond donors (Lipinski definition) is 1. The summed E-state index contributed by atoms with van der Waals surface area (Å²) in [5.74, 6) is 0. The van der Waals surface area contributed by atoms with E-state index < -0.39 is 0 Å². The molecule has 0 aromatic carbocycles. The number of rotatable bonds is 2. The molecule has 0 radical (unpaired) electrons. The van der Waals surface area contributed by atoms with Gasteiger partial charge in [-0.05, 0) is 17.2 Å². The number of allylic oxidation sites excluding steroid dienone is 2. The van der Waals surface area contributed by atoms with Crippen molar-refractivity contribution in [3.63, 3.8) is 0 Å². The van der Waals surface area contributed by atoms with Gasteiger partial charge < -0.3 is 5.32 Å². The lowest BCUT2D eigenvalue weighted by molar-refractivity contribution is 0.820. The van der Waals surface area contributed by atoms with Crippen molar-refractivity contribution in [3.8, 4) is 6.07 Å². The predicted octanol–water partition coefficient (Wildman–Crippen LogP) is 2.08. The molecule has 64 valence electrons. The van der Waals surface area contributed by atoms with Crippen LogP contribution in [0, 0.1) is 11.3 Å². The molecule has 0 saturated heterocycles. The summed E-state index contributed by atoms with van der Waals surface area (Å²) in [5.41, 5.74) is 2.37.